The smallest absolute Gasteiger partial charge is 0.231 e. The maximum absolute atomic E-state index is 11.4. The number of hydrogen-bond donors (Lipinski definition) is 2. The van der Waals surface area contributed by atoms with Gasteiger partial charge in [0.15, 0.2) is 0 Å². The van der Waals surface area contributed by atoms with Crippen molar-refractivity contribution in [3.8, 4) is 0 Å². The summed E-state index contributed by atoms with van der Waals surface area (Å²) in [6.45, 7) is 7.18. The fraction of sp³-hybridized carbons (Fsp3) is 0.533. The minimum atomic E-state index is -0.330. The van der Waals surface area contributed by atoms with Crippen molar-refractivity contribution in [3.63, 3.8) is 0 Å². The molecule has 4 N–H and O–H groups in total. The molecule has 0 aliphatic carbocycles. The van der Waals surface area contributed by atoms with Crippen molar-refractivity contribution in [2.24, 2.45) is 17.4 Å². The molecule has 20 heavy (non-hydrogen) atoms. The first-order valence-electron chi connectivity index (χ1n) is 6.85. The lowest BCUT2D eigenvalue weighted by atomic mass is 9.98. The van der Waals surface area contributed by atoms with Crippen LogP contribution in [0.15, 0.2) is 28.7 Å². The predicted molar refractivity (Wildman–Crippen MR) is 86.1 cm³/mol. The molecule has 5 heteroatoms. The zero-order valence-corrected chi connectivity index (χ0v) is 13.9. The quantitative estimate of drug-likeness (QED) is 0.799. The second kappa shape index (κ2) is 7.76. The Balaban J connectivity index is 3.13. The van der Waals surface area contributed by atoms with Gasteiger partial charge >= 0.3 is 0 Å². The highest BCUT2D eigenvalue weighted by Crippen LogP contribution is 2.30. The van der Waals surface area contributed by atoms with E-state index in [1.165, 1.54) is 0 Å². The number of benzene rings is 1. The third kappa shape index (κ3) is 4.89. The Kier molecular flexibility index (Phi) is 6.65. The SMILES string of the molecule is CC(C)CN(CC(N)=O)C(c1ccccc1Br)C(C)N. The summed E-state index contributed by atoms with van der Waals surface area (Å²) in [5, 5.41) is 0. The molecule has 2 unspecified atom stereocenters. The number of amides is 1. The van der Waals surface area contributed by atoms with Crippen LogP contribution in [-0.2, 0) is 4.79 Å². The Morgan fingerprint density at radius 2 is 1.90 bits per heavy atom. The van der Waals surface area contributed by atoms with Gasteiger partial charge in [-0.1, -0.05) is 48.0 Å². The summed E-state index contributed by atoms with van der Waals surface area (Å²) in [6.07, 6.45) is 0. The summed E-state index contributed by atoms with van der Waals surface area (Å²) < 4.78 is 1.00. The van der Waals surface area contributed by atoms with Crippen LogP contribution in [0.1, 0.15) is 32.4 Å². The molecule has 0 saturated carbocycles. The molecule has 0 heterocycles. The fourth-order valence-electron chi connectivity index (χ4n) is 2.47. The van der Waals surface area contributed by atoms with Crippen molar-refractivity contribution < 1.29 is 4.79 Å². The van der Waals surface area contributed by atoms with Gasteiger partial charge in [0.2, 0.25) is 5.91 Å². The number of nitrogens with two attached hydrogens (primary N) is 2. The lowest BCUT2D eigenvalue weighted by molar-refractivity contribution is -0.120. The molecule has 0 radical (unpaired) electrons. The summed E-state index contributed by atoms with van der Waals surface area (Å²) in [7, 11) is 0. The van der Waals surface area contributed by atoms with Crippen molar-refractivity contribution in [1.82, 2.24) is 4.90 Å². The molecule has 0 aliphatic rings. The van der Waals surface area contributed by atoms with Crippen LogP contribution in [0.5, 0.6) is 0 Å². The monoisotopic (exact) mass is 341 g/mol. The Hall–Kier alpha value is -0.910. The van der Waals surface area contributed by atoms with E-state index in [0.717, 1.165) is 16.6 Å². The standard InChI is InChI=1S/C15H24BrN3O/c1-10(2)8-19(9-14(18)20)15(11(3)17)12-6-4-5-7-13(12)16/h4-7,10-11,15H,8-9,17H2,1-3H3,(H2,18,20). The first-order chi connectivity index (χ1) is 9.32. The topological polar surface area (TPSA) is 72.3 Å². The van der Waals surface area contributed by atoms with Gasteiger partial charge in [-0.25, -0.2) is 0 Å². The van der Waals surface area contributed by atoms with E-state index >= 15 is 0 Å². The molecule has 0 bridgehead atoms. The van der Waals surface area contributed by atoms with E-state index in [-0.39, 0.29) is 24.5 Å². The van der Waals surface area contributed by atoms with Crippen LogP contribution in [0, 0.1) is 5.92 Å². The second-order valence-electron chi connectivity index (χ2n) is 5.62. The molecule has 1 amide bonds. The van der Waals surface area contributed by atoms with Crippen molar-refractivity contribution in [2.75, 3.05) is 13.1 Å². The van der Waals surface area contributed by atoms with E-state index in [0.29, 0.717) is 5.92 Å². The van der Waals surface area contributed by atoms with E-state index in [1.807, 2.05) is 31.2 Å². The number of primary amides is 1. The molecule has 0 fully saturated rings. The Morgan fingerprint density at radius 3 is 2.35 bits per heavy atom. The fourth-order valence-corrected chi connectivity index (χ4v) is 2.99. The second-order valence-corrected chi connectivity index (χ2v) is 6.47. The van der Waals surface area contributed by atoms with Gasteiger partial charge in [-0.15, -0.1) is 0 Å². The highest BCUT2D eigenvalue weighted by molar-refractivity contribution is 9.10. The van der Waals surface area contributed by atoms with E-state index in [2.05, 4.69) is 34.7 Å². The normalized spacial score (nSPS) is 14.6. The summed E-state index contributed by atoms with van der Waals surface area (Å²) in [5.74, 6) is 0.0986. The van der Waals surface area contributed by atoms with Crippen LogP contribution in [0.25, 0.3) is 0 Å². The van der Waals surface area contributed by atoms with Gasteiger partial charge in [0, 0.05) is 17.1 Å². The molecule has 0 saturated heterocycles. The van der Waals surface area contributed by atoms with Crippen LogP contribution in [0.3, 0.4) is 0 Å². The van der Waals surface area contributed by atoms with Crippen LogP contribution in [0.4, 0.5) is 0 Å². The number of rotatable bonds is 7. The Labute approximate surface area is 129 Å². The van der Waals surface area contributed by atoms with E-state index in [4.69, 9.17) is 11.5 Å². The molecule has 0 aromatic heterocycles. The molecule has 112 valence electrons. The number of carbonyl (C=O) groups excluding carboxylic acids is 1. The molecular formula is C15H24BrN3O. The first-order valence-corrected chi connectivity index (χ1v) is 7.64. The van der Waals surface area contributed by atoms with Crippen molar-refractivity contribution in [1.29, 1.82) is 0 Å². The average Bonchev–Trinajstić information content (AvgIpc) is 2.29. The zero-order valence-electron chi connectivity index (χ0n) is 12.3. The zero-order chi connectivity index (χ0) is 15.3. The largest absolute Gasteiger partial charge is 0.369 e. The molecule has 1 rings (SSSR count). The number of halogens is 1. The van der Waals surface area contributed by atoms with Crippen LogP contribution >= 0.6 is 15.9 Å². The van der Waals surface area contributed by atoms with Gasteiger partial charge in [0.1, 0.15) is 0 Å². The van der Waals surface area contributed by atoms with Gasteiger partial charge in [-0.2, -0.15) is 0 Å². The minimum absolute atomic E-state index is 0.0412. The molecule has 1 aromatic carbocycles. The summed E-state index contributed by atoms with van der Waals surface area (Å²) in [5.41, 5.74) is 12.7. The van der Waals surface area contributed by atoms with Gasteiger partial charge in [-0.05, 0) is 24.5 Å². The number of carbonyl (C=O) groups is 1. The third-order valence-corrected chi connectivity index (χ3v) is 3.80. The predicted octanol–water partition coefficient (Wildman–Crippen LogP) is 2.28. The summed E-state index contributed by atoms with van der Waals surface area (Å²) in [6, 6.07) is 7.82. The molecule has 1 aromatic rings. The molecule has 4 nitrogen and oxygen atoms in total. The van der Waals surface area contributed by atoms with Crippen molar-refractivity contribution in [2.45, 2.75) is 32.9 Å². The van der Waals surface area contributed by atoms with Crippen LogP contribution in [-0.4, -0.2) is 29.9 Å². The maximum atomic E-state index is 11.4. The number of hydrogen-bond acceptors (Lipinski definition) is 3. The van der Waals surface area contributed by atoms with Crippen molar-refractivity contribution in [3.05, 3.63) is 34.3 Å². The van der Waals surface area contributed by atoms with E-state index < -0.39 is 0 Å². The Morgan fingerprint density at radius 1 is 1.30 bits per heavy atom. The minimum Gasteiger partial charge on any atom is -0.369 e. The maximum Gasteiger partial charge on any atom is 0.231 e. The average molecular weight is 342 g/mol. The van der Waals surface area contributed by atoms with Crippen LogP contribution < -0.4 is 11.5 Å². The summed E-state index contributed by atoms with van der Waals surface area (Å²) in [4.78, 5) is 13.4. The van der Waals surface area contributed by atoms with E-state index in [1.54, 1.807) is 0 Å². The van der Waals surface area contributed by atoms with Gasteiger partial charge in [-0.3, -0.25) is 9.69 Å². The highest BCUT2D eigenvalue weighted by Gasteiger charge is 2.27. The van der Waals surface area contributed by atoms with E-state index in [9.17, 15) is 4.79 Å². The highest BCUT2D eigenvalue weighted by atomic mass is 79.9. The molecule has 0 spiro atoms. The Bertz CT molecular complexity index is 448. The first kappa shape index (κ1) is 17.1. The lowest BCUT2D eigenvalue weighted by Crippen LogP contribution is -2.45. The molecule has 2 atom stereocenters. The van der Waals surface area contributed by atoms with Gasteiger partial charge in [0.05, 0.1) is 12.6 Å². The molecule has 0 aliphatic heterocycles. The third-order valence-electron chi connectivity index (χ3n) is 3.07. The van der Waals surface area contributed by atoms with Crippen molar-refractivity contribution >= 4 is 21.8 Å². The lowest BCUT2D eigenvalue weighted by Gasteiger charge is -2.35. The molecular weight excluding hydrogens is 318 g/mol. The van der Waals surface area contributed by atoms with Gasteiger partial charge in [0.25, 0.3) is 0 Å². The number of nitrogens with zero attached hydrogens (tertiary/aromatic N) is 1. The van der Waals surface area contributed by atoms with Gasteiger partial charge < -0.3 is 11.5 Å². The van der Waals surface area contributed by atoms with Crippen LogP contribution in [0.2, 0.25) is 0 Å². The summed E-state index contributed by atoms with van der Waals surface area (Å²) >= 11 is 3.57.